The average molecular weight is 264 g/mol. The second kappa shape index (κ2) is 6.17. The van der Waals surface area contributed by atoms with E-state index >= 15 is 0 Å². The Bertz CT molecular complexity index is 641. The van der Waals surface area contributed by atoms with Crippen LogP contribution < -0.4 is 0 Å². The topological polar surface area (TPSA) is 45.2 Å². The molecule has 0 unspecified atom stereocenters. The largest absolute Gasteiger partial charge is 0.294 e. The molecule has 0 saturated carbocycles. The molecule has 0 bridgehead atoms. The van der Waals surface area contributed by atoms with E-state index in [1.54, 1.807) is 0 Å². The van der Waals surface area contributed by atoms with Crippen LogP contribution in [0.4, 0.5) is 0 Å². The molecular formula is C17H16N2O. The minimum Gasteiger partial charge on any atom is -0.294 e. The second-order valence-electron chi connectivity index (χ2n) is 4.99. The van der Waals surface area contributed by atoms with E-state index in [2.05, 4.69) is 11.8 Å². The number of nitrogens with zero attached hydrogens (tertiary/aromatic N) is 2. The lowest BCUT2D eigenvalue weighted by atomic mass is 9.99. The zero-order valence-corrected chi connectivity index (χ0v) is 11.6. The van der Waals surface area contributed by atoms with E-state index in [0.717, 1.165) is 18.4 Å². The Morgan fingerprint density at radius 2 is 2.20 bits per heavy atom. The minimum absolute atomic E-state index is 0.00603. The first-order valence-electron chi connectivity index (χ1n) is 6.88. The molecular weight excluding hydrogens is 248 g/mol. The Morgan fingerprint density at radius 1 is 1.40 bits per heavy atom. The predicted octanol–water partition coefficient (Wildman–Crippen LogP) is 4.16. The summed E-state index contributed by atoms with van der Waals surface area (Å²) in [5.41, 5.74) is 3.25. The molecule has 3 heteroatoms. The highest BCUT2D eigenvalue weighted by molar-refractivity contribution is 6.12. The molecule has 0 heterocycles. The van der Waals surface area contributed by atoms with Crippen LogP contribution in [0, 0.1) is 17.9 Å². The molecule has 0 aromatic heterocycles. The highest BCUT2D eigenvalue weighted by Gasteiger charge is 2.26. The van der Waals surface area contributed by atoms with Crippen molar-refractivity contribution in [1.82, 2.24) is 0 Å². The van der Waals surface area contributed by atoms with Crippen molar-refractivity contribution in [3.8, 4) is 6.07 Å². The Morgan fingerprint density at radius 3 is 2.85 bits per heavy atom. The molecule has 20 heavy (non-hydrogen) atoms. The normalized spacial score (nSPS) is 15.4. The molecule has 2 rings (SSSR count). The molecule has 1 aromatic carbocycles. The number of rotatable bonds is 4. The molecule has 0 atom stereocenters. The van der Waals surface area contributed by atoms with Gasteiger partial charge in [-0.3, -0.25) is 4.79 Å². The van der Waals surface area contributed by atoms with Crippen LogP contribution in [0.25, 0.3) is 10.4 Å². The van der Waals surface area contributed by atoms with Gasteiger partial charge in [-0.05, 0) is 29.5 Å². The number of nitriles is 1. The summed E-state index contributed by atoms with van der Waals surface area (Å²) in [6.45, 7) is 9.22. The summed E-state index contributed by atoms with van der Waals surface area (Å²) in [5, 5.41) is 9.01. The fraction of sp³-hybridized carbons (Fsp3) is 0.353. The van der Waals surface area contributed by atoms with Gasteiger partial charge < -0.3 is 0 Å². The smallest absolute Gasteiger partial charge is 0.266 e. The molecule has 0 fully saturated rings. The number of aryl methyl sites for hydroxylation is 1. The predicted molar refractivity (Wildman–Crippen MR) is 77.8 cm³/mol. The van der Waals surface area contributed by atoms with Crippen molar-refractivity contribution in [3.63, 3.8) is 0 Å². The Labute approximate surface area is 119 Å². The number of unbranched alkanes of at least 4 members (excludes halogenated alkanes) is 2. The van der Waals surface area contributed by atoms with E-state index < -0.39 is 0 Å². The van der Waals surface area contributed by atoms with Gasteiger partial charge in [0.2, 0.25) is 0 Å². The van der Waals surface area contributed by atoms with E-state index in [4.69, 9.17) is 11.8 Å². The first kappa shape index (κ1) is 14.0. The molecule has 0 saturated heterocycles. The van der Waals surface area contributed by atoms with E-state index in [1.165, 1.54) is 18.4 Å². The molecule has 1 aliphatic rings. The van der Waals surface area contributed by atoms with Gasteiger partial charge in [-0.25, -0.2) is 10.1 Å². The number of hydrogen-bond donors (Lipinski definition) is 0. The van der Waals surface area contributed by atoms with Gasteiger partial charge in [0.15, 0.2) is 5.78 Å². The number of carbonyl (C=O) groups is 1. The molecule has 1 aromatic rings. The van der Waals surface area contributed by atoms with Crippen LogP contribution in [0.1, 0.15) is 54.1 Å². The van der Waals surface area contributed by atoms with Crippen LogP contribution in [0.3, 0.4) is 0 Å². The maximum absolute atomic E-state index is 11.9. The fourth-order valence-corrected chi connectivity index (χ4v) is 2.54. The summed E-state index contributed by atoms with van der Waals surface area (Å²) in [4.78, 5) is 15.2. The highest BCUT2D eigenvalue weighted by atomic mass is 16.1. The van der Waals surface area contributed by atoms with Gasteiger partial charge >= 0.3 is 0 Å². The number of carbonyl (C=O) groups excluding carboxylic acids is 1. The van der Waals surface area contributed by atoms with E-state index in [1.807, 2.05) is 24.3 Å². The standard InChI is InChI=1S/C17H16N2O/c1-3-4-5-6-12-7-8-13-14(9-12)15(10-17(13)20)16(11-18)19-2/h7-9H,3-6,10H2,1H3/b16-15-. The Kier molecular flexibility index (Phi) is 4.33. The maximum atomic E-state index is 11.9. The highest BCUT2D eigenvalue weighted by Crippen LogP contribution is 2.35. The van der Waals surface area contributed by atoms with Crippen LogP contribution >= 0.6 is 0 Å². The summed E-state index contributed by atoms with van der Waals surface area (Å²) in [6.07, 6.45) is 4.63. The van der Waals surface area contributed by atoms with E-state index in [9.17, 15) is 4.79 Å². The molecule has 3 nitrogen and oxygen atoms in total. The van der Waals surface area contributed by atoms with E-state index in [0.29, 0.717) is 11.1 Å². The second-order valence-corrected chi connectivity index (χ2v) is 4.99. The first-order chi connectivity index (χ1) is 9.71. The summed E-state index contributed by atoms with van der Waals surface area (Å²) in [5.74, 6) is 0.00603. The Hall–Kier alpha value is -2.39. The number of hydrogen-bond acceptors (Lipinski definition) is 2. The number of Topliss-reactive ketones (excluding diaryl/α,β-unsaturated/α-hetero) is 1. The third kappa shape index (κ3) is 2.63. The van der Waals surface area contributed by atoms with Crippen molar-refractivity contribution >= 4 is 11.4 Å². The summed E-state index contributed by atoms with van der Waals surface area (Å²) >= 11 is 0. The number of fused-ring (bicyclic) bond motifs is 1. The van der Waals surface area contributed by atoms with Crippen LogP contribution in [0.5, 0.6) is 0 Å². The summed E-state index contributed by atoms with van der Waals surface area (Å²) in [7, 11) is 0. The third-order valence-electron chi connectivity index (χ3n) is 3.62. The lowest BCUT2D eigenvalue weighted by Gasteiger charge is -2.05. The van der Waals surface area contributed by atoms with Crippen molar-refractivity contribution < 1.29 is 4.79 Å². The molecule has 0 aliphatic heterocycles. The van der Waals surface area contributed by atoms with Crippen LogP contribution in [-0.4, -0.2) is 5.78 Å². The summed E-state index contributed by atoms with van der Waals surface area (Å²) in [6, 6.07) is 7.70. The molecule has 0 radical (unpaired) electrons. The zero-order valence-electron chi connectivity index (χ0n) is 11.6. The van der Waals surface area contributed by atoms with Crippen molar-refractivity contribution in [3.05, 3.63) is 52.0 Å². The summed E-state index contributed by atoms with van der Waals surface area (Å²) < 4.78 is 0. The monoisotopic (exact) mass is 264 g/mol. The SMILES string of the molecule is [C-]#[N+]/C(C#N)=C1/CC(=O)c2ccc(CCCCC)cc21. The van der Waals surface area contributed by atoms with Crippen LogP contribution in [-0.2, 0) is 6.42 Å². The van der Waals surface area contributed by atoms with Gasteiger partial charge in [-0.15, -0.1) is 0 Å². The van der Waals surface area contributed by atoms with Crippen molar-refractivity contribution in [2.24, 2.45) is 0 Å². The molecule has 0 spiro atoms. The van der Waals surface area contributed by atoms with Gasteiger partial charge in [0.05, 0.1) is 12.6 Å². The van der Waals surface area contributed by atoms with E-state index in [-0.39, 0.29) is 17.9 Å². The maximum Gasteiger partial charge on any atom is 0.266 e. The van der Waals surface area contributed by atoms with Gasteiger partial charge in [0, 0.05) is 12.0 Å². The van der Waals surface area contributed by atoms with Crippen LogP contribution in [0.2, 0.25) is 0 Å². The average Bonchev–Trinajstić information content (AvgIpc) is 2.78. The number of benzene rings is 1. The molecule has 0 amide bonds. The van der Waals surface area contributed by atoms with Crippen molar-refractivity contribution in [2.45, 2.75) is 39.0 Å². The quantitative estimate of drug-likeness (QED) is 0.465. The number of allylic oxidation sites excluding steroid dienone is 2. The fourth-order valence-electron chi connectivity index (χ4n) is 2.54. The molecule has 100 valence electrons. The van der Waals surface area contributed by atoms with Gasteiger partial charge in [0.1, 0.15) is 0 Å². The lowest BCUT2D eigenvalue weighted by molar-refractivity contribution is 0.100. The van der Waals surface area contributed by atoms with Crippen molar-refractivity contribution in [2.75, 3.05) is 0 Å². The van der Waals surface area contributed by atoms with Gasteiger partial charge in [-0.2, -0.15) is 0 Å². The minimum atomic E-state index is 0.00603. The van der Waals surface area contributed by atoms with Crippen molar-refractivity contribution in [1.29, 1.82) is 5.26 Å². The lowest BCUT2D eigenvalue weighted by Crippen LogP contribution is -1.93. The zero-order chi connectivity index (χ0) is 14.5. The van der Waals surface area contributed by atoms with Gasteiger partial charge in [-0.1, -0.05) is 38.0 Å². The van der Waals surface area contributed by atoms with Gasteiger partial charge in [0.25, 0.3) is 5.70 Å². The number of ketones is 1. The molecule has 1 aliphatic carbocycles. The first-order valence-corrected chi connectivity index (χ1v) is 6.88. The molecule has 0 N–H and O–H groups in total. The Balaban J connectivity index is 2.39. The third-order valence-corrected chi connectivity index (χ3v) is 3.62. The van der Waals surface area contributed by atoms with Crippen LogP contribution in [0.15, 0.2) is 23.9 Å².